The summed E-state index contributed by atoms with van der Waals surface area (Å²) in [6.45, 7) is -0.872. The normalized spacial score (nSPS) is 24.9. The summed E-state index contributed by atoms with van der Waals surface area (Å²) in [4.78, 5) is 43.5. The number of nitrogens with zero attached hydrogens (tertiary/aromatic N) is 3. The molecule has 2 aromatic rings. The SMILES string of the molecule is C#C[C@@]1(COP(=O)(O)OP(=O)(O)OP(=O)(O)O)CC[C@H](n2cc(F)c3c(N)nc(Cl)nc32)O1. The van der Waals surface area contributed by atoms with E-state index in [0.717, 1.165) is 6.20 Å². The molecule has 2 aromatic heterocycles. The molecule has 0 bridgehead atoms. The molecule has 182 valence electrons. The standard InChI is InChI=1S/C13H15ClFN4O11P3/c1-2-13(6-27-32(23,24)30-33(25,26)29-31(20,21)22)4-3-8(28-13)19-5-7(15)9-10(16)17-12(14)18-11(9)19/h1,5,8H,3-4,6H2,(H,23,24)(H,25,26)(H2,16,17,18)(H2,20,21,22)/t8-,13+/m1/s1. The molecule has 20 heteroatoms. The van der Waals surface area contributed by atoms with Crippen LogP contribution in [0.1, 0.15) is 19.1 Å². The number of aromatic nitrogens is 3. The highest BCUT2D eigenvalue weighted by atomic mass is 35.5. The van der Waals surface area contributed by atoms with E-state index in [2.05, 4.69) is 29.0 Å². The number of phosphoric acid groups is 3. The molecule has 0 radical (unpaired) electrons. The van der Waals surface area contributed by atoms with E-state index in [0.29, 0.717) is 0 Å². The minimum Gasteiger partial charge on any atom is -0.383 e. The maximum Gasteiger partial charge on any atom is 0.490 e. The first-order chi connectivity index (χ1) is 15.1. The predicted molar refractivity (Wildman–Crippen MR) is 108 cm³/mol. The Morgan fingerprint density at radius 3 is 2.58 bits per heavy atom. The zero-order chi connectivity index (χ0) is 24.8. The number of fused-ring (bicyclic) bond motifs is 1. The van der Waals surface area contributed by atoms with Crippen molar-refractivity contribution in [3.8, 4) is 12.3 Å². The van der Waals surface area contributed by atoms with E-state index in [4.69, 9.17) is 38.3 Å². The monoisotopic (exact) mass is 550 g/mol. The first-order valence-electron chi connectivity index (χ1n) is 8.48. The molecule has 0 aliphatic carbocycles. The van der Waals surface area contributed by atoms with Gasteiger partial charge in [-0.25, -0.2) is 23.1 Å². The first kappa shape index (κ1) is 26.2. The van der Waals surface area contributed by atoms with Gasteiger partial charge in [0.15, 0.2) is 17.1 Å². The lowest BCUT2D eigenvalue weighted by atomic mass is 10.0. The number of halogens is 2. The second-order valence-electron chi connectivity index (χ2n) is 6.58. The van der Waals surface area contributed by atoms with Gasteiger partial charge in [-0.05, 0) is 24.4 Å². The van der Waals surface area contributed by atoms with Gasteiger partial charge in [-0.2, -0.15) is 13.6 Å². The molecule has 0 saturated carbocycles. The molecule has 3 rings (SSSR count). The first-order valence-corrected chi connectivity index (χ1v) is 13.4. The molecule has 15 nitrogen and oxygen atoms in total. The van der Waals surface area contributed by atoms with Crippen molar-refractivity contribution >= 4 is 51.9 Å². The van der Waals surface area contributed by atoms with Gasteiger partial charge in [0.1, 0.15) is 12.0 Å². The minimum atomic E-state index is -5.70. The molecule has 1 fully saturated rings. The molecule has 1 aliphatic rings. The van der Waals surface area contributed by atoms with Crippen molar-refractivity contribution in [1.82, 2.24) is 14.5 Å². The highest BCUT2D eigenvalue weighted by Crippen LogP contribution is 2.66. The third-order valence-electron chi connectivity index (χ3n) is 4.23. The Balaban J connectivity index is 1.76. The van der Waals surface area contributed by atoms with Crippen molar-refractivity contribution in [3.63, 3.8) is 0 Å². The zero-order valence-corrected chi connectivity index (χ0v) is 19.5. The number of nitrogens with two attached hydrogens (primary N) is 1. The Labute approximate surface area is 189 Å². The van der Waals surface area contributed by atoms with Crippen molar-refractivity contribution < 1.29 is 55.5 Å². The molecule has 1 aliphatic heterocycles. The summed E-state index contributed by atoms with van der Waals surface area (Å²) in [5, 5.41) is -0.373. The second kappa shape index (κ2) is 8.98. The van der Waals surface area contributed by atoms with Crippen molar-refractivity contribution in [1.29, 1.82) is 0 Å². The Hall–Kier alpha value is -1.43. The number of phosphoric ester groups is 1. The van der Waals surface area contributed by atoms with Crippen LogP contribution in [0.25, 0.3) is 11.0 Å². The van der Waals surface area contributed by atoms with Crippen LogP contribution in [0.15, 0.2) is 6.20 Å². The fraction of sp³-hybridized carbons (Fsp3) is 0.385. The molecule has 4 atom stereocenters. The molecule has 0 aromatic carbocycles. The summed E-state index contributed by atoms with van der Waals surface area (Å²) in [5.41, 5.74) is 3.98. The van der Waals surface area contributed by atoms with Crippen molar-refractivity contribution in [2.75, 3.05) is 12.3 Å². The topological polar surface area (TPSA) is 226 Å². The Morgan fingerprint density at radius 1 is 1.30 bits per heavy atom. The van der Waals surface area contributed by atoms with Gasteiger partial charge in [-0.1, -0.05) is 5.92 Å². The highest BCUT2D eigenvalue weighted by molar-refractivity contribution is 7.66. The van der Waals surface area contributed by atoms with E-state index < -0.39 is 47.7 Å². The fourth-order valence-electron chi connectivity index (χ4n) is 3.00. The minimum absolute atomic E-state index is 0.000472. The van der Waals surface area contributed by atoms with Gasteiger partial charge in [-0.3, -0.25) is 4.52 Å². The van der Waals surface area contributed by atoms with Crippen LogP contribution in [0, 0.1) is 18.2 Å². The number of terminal acetylenes is 1. The molecule has 3 heterocycles. The van der Waals surface area contributed by atoms with E-state index >= 15 is 0 Å². The maximum atomic E-state index is 14.4. The van der Waals surface area contributed by atoms with Crippen LogP contribution in [-0.2, 0) is 31.6 Å². The lowest BCUT2D eigenvalue weighted by Crippen LogP contribution is -2.32. The Bertz CT molecular complexity index is 1280. The van der Waals surface area contributed by atoms with Crippen LogP contribution in [0.5, 0.6) is 0 Å². The largest absolute Gasteiger partial charge is 0.490 e. The van der Waals surface area contributed by atoms with Gasteiger partial charge in [0.25, 0.3) is 0 Å². The Morgan fingerprint density at radius 2 is 1.97 bits per heavy atom. The third-order valence-corrected chi connectivity index (χ3v) is 8.18. The van der Waals surface area contributed by atoms with Crippen LogP contribution < -0.4 is 5.73 Å². The fourth-order valence-corrected chi connectivity index (χ4v) is 6.23. The predicted octanol–water partition coefficient (Wildman–Crippen LogP) is 1.83. The van der Waals surface area contributed by atoms with Crippen LogP contribution in [0.2, 0.25) is 5.28 Å². The lowest BCUT2D eigenvalue weighted by molar-refractivity contribution is -0.0605. The van der Waals surface area contributed by atoms with Crippen LogP contribution in [0.4, 0.5) is 10.2 Å². The average Bonchev–Trinajstić information content (AvgIpc) is 3.19. The average molecular weight is 551 g/mol. The molecule has 33 heavy (non-hydrogen) atoms. The smallest absolute Gasteiger partial charge is 0.383 e. The molecular formula is C13H15ClFN4O11P3. The quantitative estimate of drug-likeness (QED) is 0.179. The van der Waals surface area contributed by atoms with Crippen LogP contribution >= 0.6 is 35.1 Å². The molecule has 1 saturated heterocycles. The maximum absolute atomic E-state index is 14.4. The number of ether oxygens (including phenoxy) is 1. The van der Waals surface area contributed by atoms with Gasteiger partial charge in [0, 0.05) is 6.20 Å². The number of nitrogen functional groups attached to an aromatic ring is 1. The van der Waals surface area contributed by atoms with Gasteiger partial charge >= 0.3 is 23.5 Å². The summed E-state index contributed by atoms with van der Waals surface area (Å²) in [7, 11) is -16.7. The summed E-state index contributed by atoms with van der Waals surface area (Å²) in [6, 6.07) is 0. The van der Waals surface area contributed by atoms with E-state index in [1.807, 2.05) is 0 Å². The lowest BCUT2D eigenvalue weighted by Gasteiger charge is -2.25. The summed E-state index contributed by atoms with van der Waals surface area (Å²) in [5.74, 6) is 1.23. The molecule has 2 unspecified atom stereocenters. The van der Waals surface area contributed by atoms with Crippen molar-refractivity contribution in [3.05, 3.63) is 17.3 Å². The van der Waals surface area contributed by atoms with Gasteiger partial charge in [-0.15, -0.1) is 6.42 Å². The van der Waals surface area contributed by atoms with Crippen molar-refractivity contribution in [2.24, 2.45) is 0 Å². The van der Waals surface area contributed by atoms with Gasteiger partial charge < -0.3 is 34.6 Å². The summed E-state index contributed by atoms with van der Waals surface area (Å²) >= 11 is 5.78. The summed E-state index contributed by atoms with van der Waals surface area (Å²) < 4.78 is 67.2. The van der Waals surface area contributed by atoms with E-state index in [-0.39, 0.29) is 35.0 Å². The van der Waals surface area contributed by atoms with Gasteiger partial charge in [0.05, 0.1) is 12.0 Å². The number of hydrogen-bond acceptors (Lipinski definition) is 10. The molecule has 0 amide bonds. The number of hydrogen-bond donors (Lipinski definition) is 5. The van der Waals surface area contributed by atoms with Crippen molar-refractivity contribution in [2.45, 2.75) is 24.7 Å². The highest BCUT2D eigenvalue weighted by Gasteiger charge is 2.45. The van der Waals surface area contributed by atoms with Crippen LogP contribution in [-0.4, -0.2) is 46.3 Å². The Kier molecular flexibility index (Phi) is 7.12. The summed E-state index contributed by atoms with van der Waals surface area (Å²) in [6.07, 6.45) is 5.66. The second-order valence-corrected chi connectivity index (χ2v) is 11.3. The van der Waals surface area contributed by atoms with E-state index in [9.17, 15) is 27.9 Å². The van der Waals surface area contributed by atoms with Crippen LogP contribution in [0.3, 0.4) is 0 Å². The zero-order valence-electron chi connectivity index (χ0n) is 16.0. The van der Waals surface area contributed by atoms with Gasteiger partial charge in [0.2, 0.25) is 5.28 Å². The molecule has 6 N–H and O–H groups in total. The number of anilines is 1. The third kappa shape index (κ3) is 6.17. The molecular weight excluding hydrogens is 536 g/mol. The van der Waals surface area contributed by atoms with E-state index in [1.165, 1.54) is 4.57 Å². The molecule has 0 spiro atoms. The number of rotatable bonds is 8. The van der Waals surface area contributed by atoms with E-state index in [1.54, 1.807) is 0 Å².